The van der Waals surface area contributed by atoms with Crippen LogP contribution in [0.1, 0.15) is 26.7 Å². The van der Waals surface area contributed by atoms with Gasteiger partial charge in [-0.2, -0.15) is 0 Å². The summed E-state index contributed by atoms with van der Waals surface area (Å²) in [7, 11) is 1.54. The van der Waals surface area contributed by atoms with Gasteiger partial charge in [0.25, 0.3) is 0 Å². The molecule has 1 amide bonds. The number of methoxy groups -OCH3 is 1. The number of anilines is 1. The molecule has 0 radical (unpaired) electrons. The first kappa shape index (κ1) is 13.8. The summed E-state index contributed by atoms with van der Waals surface area (Å²) < 4.78 is 5.14. The molecule has 1 unspecified atom stereocenters. The first-order valence-corrected chi connectivity index (χ1v) is 6.58. The molecule has 1 saturated heterocycles. The molecule has 19 heavy (non-hydrogen) atoms. The molecule has 0 bridgehead atoms. The van der Waals surface area contributed by atoms with Gasteiger partial charge in [0.05, 0.1) is 13.2 Å². The number of carbonyl (C=O) groups is 1. The summed E-state index contributed by atoms with van der Waals surface area (Å²) in [4.78, 5) is 16.5. The molecule has 0 saturated carbocycles. The molecule has 104 valence electrons. The van der Waals surface area contributed by atoms with Crippen molar-refractivity contribution < 1.29 is 9.53 Å². The lowest BCUT2D eigenvalue weighted by Crippen LogP contribution is -2.53. The lowest BCUT2D eigenvalue weighted by molar-refractivity contribution is -0.121. The maximum atomic E-state index is 12.4. The Labute approximate surface area is 113 Å². The zero-order valence-corrected chi connectivity index (χ0v) is 11.7. The Hall–Kier alpha value is -1.62. The highest BCUT2D eigenvalue weighted by Gasteiger charge is 2.37. The van der Waals surface area contributed by atoms with Gasteiger partial charge in [0.15, 0.2) is 0 Å². The number of ether oxygens (including phenoxy) is 1. The van der Waals surface area contributed by atoms with E-state index in [1.165, 1.54) is 0 Å². The monoisotopic (exact) mass is 263 g/mol. The molecule has 1 atom stereocenters. The van der Waals surface area contributed by atoms with E-state index in [1.54, 1.807) is 25.4 Å². The van der Waals surface area contributed by atoms with Crippen molar-refractivity contribution in [2.75, 3.05) is 19.0 Å². The third-order valence-corrected chi connectivity index (χ3v) is 3.61. The molecule has 0 aromatic carbocycles. The number of amides is 1. The summed E-state index contributed by atoms with van der Waals surface area (Å²) in [5.74, 6) is 0.403. The van der Waals surface area contributed by atoms with Crippen molar-refractivity contribution in [1.29, 1.82) is 0 Å². The van der Waals surface area contributed by atoms with Gasteiger partial charge in [-0.1, -0.05) is 13.8 Å². The van der Waals surface area contributed by atoms with E-state index in [0.29, 0.717) is 11.6 Å². The van der Waals surface area contributed by atoms with E-state index in [-0.39, 0.29) is 17.4 Å². The molecule has 5 nitrogen and oxygen atoms in total. The van der Waals surface area contributed by atoms with Crippen molar-refractivity contribution in [2.24, 2.45) is 5.41 Å². The Balaban J connectivity index is 2.12. The van der Waals surface area contributed by atoms with Crippen LogP contribution in [-0.2, 0) is 4.79 Å². The van der Waals surface area contributed by atoms with Crippen LogP contribution in [0.5, 0.6) is 5.88 Å². The van der Waals surface area contributed by atoms with Gasteiger partial charge >= 0.3 is 0 Å². The lowest BCUT2D eigenvalue weighted by Gasteiger charge is -2.38. The largest absolute Gasteiger partial charge is 0.480 e. The highest BCUT2D eigenvalue weighted by Crippen LogP contribution is 2.31. The Morgan fingerprint density at radius 2 is 2.37 bits per heavy atom. The minimum atomic E-state index is -0.189. The average molecular weight is 263 g/mol. The number of carbonyl (C=O) groups excluding carboxylic acids is 1. The zero-order valence-electron chi connectivity index (χ0n) is 11.7. The molecule has 0 spiro atoms. The second-order valence-corrected chi connectivity index (χ2v) is 5.53. The summed E-state index contributed by atoms with van der Waals surface area (Å²) in [6.07, 6.45) is 3.78. The van der Waals surface area contributed by atoms with Gasteiger partial charge in [-0.3, -0.25) is 4.79 Å². The summed E-state index contributed by atoms with van der Waals surface area (Å²) >= 11 is 0. The quantitative estimate of drug-likeness (QED) is 0.873. The smallest absolute Gasteiger partial charge is 0.242 e. The summed E-state index contributed by atoms with van der Waals surface area (Å²) in [6, 6.07) is 3.38. The predicted octanol–water partition coefficient (Wildman–Crippen LogP) is 1.81. The van der Waals surface area contributed by atoms with Gasteiger partial charge in [0, 0.05) is 6.20 Å². The standard InChI is InChI=1S/C14H21N3O2/c1-14(2)7-5-9-15-11(14)12(18)17-10-6-4-8-16-13(10)19-3/h4,6,8,11,15H,5,7,9H2,1-3H3,(H,17,18). The number of nitrogens with zero attached hydrogens (tertiary/aromatic N) is 1. The van der Waals surface area contributed by atoms with E-state index >= 15 is 0 Å². The van der Waals surface area contributed by atoms with Gasteiger partial charge in [-0.25, -0.2) is 4.98 Å². The Kier molecular flexibility index (Phi) is 4.04. The molecule has 2 N–H and O–H groups in total. The number of pyridine rings is 1. The maximum absolute atomic E-state index is 12.4. The van der Waals surface area contributed by atoms with Gasteiger partial charge in [0.1, 0.15) is 5.69 Å². The van der Waals surface area contributed by atoms with E-state index in [0.717, 1.165) is 19.4 Å². The van der Waals surface area contributed by atoms with Gasteiger partial charge in [0.2, 0.25) is 11.8 Å². The van der Waals surface area contributed by atoms with Crippen LogP contribution in [0.3, 0.4) is 0 Å². The van der Waals surface area contributed by atoms with Crippen LogP contribution in [0.15, 0.2) is 18.3 Å². The van der Waals surface area contributed by atoms with E-state index in [9.17, 15) is 4.79 Å². The third kappa shape index (κ3) is 3.04. The van der Waals surface area contributed by atoms with Crippen LogP contribution in [0.4, 0.5) is 5.69 Å². The predicted molar refractivity (Wildman–Crippen MR) is 74.2 cm³/mol. The van der Waals surface area contributed by atoms with E-state index in [1.807, 2.05) is 0 Å². The number of piperidine rings is 1. The van der Waals surface area contributed by atoms with Gasteiger partial charge in [-0.15, -0.1) is 0 Å². The molecular weight excluding hydrogens is 242 g/mol. The SMILES string of the molecule is COc1ncccc1NC(=O)C1NCCCC1(C)C. The minimum absolute atomic E-state index is 0.0315. The highest BCUT2D eigenvalue weighted by atomic mass is 16.5. The van der Waals surface area contributed by atoms with Crippen LogP contribution in [0.2, 0.25) is 0 Å². The van der Waals surface area contributed by atoms with Crippen molar-refractivity contribution in [3.05, 3.63) is 18.3 Å². The molecule has 5 heteroatoms. The van der Waals surface area contributed by atoms with Crippen LogP contribution < -0.4 is 15.4 Å². The van der Waals surface area contributed by atoms with Crippen molar-refractivity contribution in [1.82, 2.24) is 10.3 Å². The first-order valence-electron chi connectivity index (χ1n) is 6.58. The van der Waals surface area contributed by atoms with Crippen LogP contribution >= 0.6 is 0 Å². The highest BCUT2D eigenvalue weighted by molar-refractivity contribution is 5.96. The number of nitrogens with one attached hydrogen (secondary N) is 2. The molecule has 0 aliphatic carbocycles. The van der Waals surface area contributed by atoms with Crippen molar-refractivity contribution in [3.8, 4) is 5.88 Å². The van der Waals surface area contributed by atoms with Gasteiger partial charge < -0.3 is 15.4 Å². The lowest BCUT2D eigenvalue weighted by atomic mass is 9.77. The molecule has 1 aliphatic heterocycles. The average Bonchev–Trinajstić information content (AvgIpc) is 2.38. The molecular formula is C14H21N3O2. The Morgan fingerprint density at radius 1 is 1.58 bits per heavy atom. The summed E-state index contributed by atoms with van der Waals surface area (Å²) in [5.41, 5.74) is 0.566. The number of hydrogen-bond acceptors (Lipinski definition) is 4. The van der Waals surface area contributed by atoms with Crippen molar-refractivity contribution in [2.45, 2.75) is 32.7 Å². The second kappa shape index (κ2) is 5.57. The maximum Gasteiger partial charge on any atom is 0.242 e. The zero-order chi connectivity index (χ0) is 13.9. The van der Waals surface area contributed by atoms with Gasteiger partial charge in [-0.05, 0) is 36.9 Å². The van der Waals surface area contributed by atoms with E-state index < -0.39 is 0 Å². The second-order valence-electron chi connectivity index (χ2n) is 5.53. The Bertz CT molecular complexity index is 460. The topological polar surface area (TPSA) is 63.2 Å². The van der Waals surface area contributed by atoms with E-state index in [2.05, 4.69) is 29.5 Å². The fraction of sp³-hybridized carbons (Fsp3) is 0.571. The molecule has 1 aromatic rings. The van der Waals surface area contributed by atoms with Crippen molar-refractivity contribution >= 4 is 11.6 Å². The molecule has 2 rings (SSSR count). The fourth-order valence-electron chi connectivity index (χ4n) is 2.51. The fourth-order valence-corrected chi connectivity index (χ4v) is 2.51. The molecule has 1 aliphatic rings. The summed E-state index contributed by atoms with van der Waals surface area (Å²) in [6.45, 7) is 5.11. The number of aromatic nitrogens is 1. The number of hydrogen-bond donors (Lipinski definition) is 2. The van der Waals surface area contributed by atoms with Crippen molar-refractivity contribution in [3.63, 3.8) is 0 Å². The van der Waals surface area contributed by atoms with Crippen LogP contribution in [-0.4, -0.2) is 30.6 Å². The molecule has 1 aromatic heterocycles. The third-order valence-electron chi connectivity index (χ3n) is 3.61. The minimum Gasteiger partial charge on any atom is -0.480 e. The number of rotatable bonds is 3. The van der Waals surface area contributed by atoms with Crippen LogP contribution in [0.25, 0.3) is 0 Å². The summed E-state index contributed by atoms with van der Waals surface area (Å²) in [5, 5.41) is 6.19. The normalized spacial score (nSPS) is 21.7. The first-order chi connectivity index (χ1) is 9.04. The molecule has 1 fully saturated rings. The Morgan fingerprint density at radius 3 is 3.05 bits per heavy atom. The van der Waals surface area contributed by atoms with Crippen LogP contribution in [0, 0.1) is 5.41 Å². The van der Waals surface area contributed by atoms with E-state index in [4.69, 9.17) is 4.74 Å². The molecule has 2 heterocycles.